The van der Waals surface area contributed by atoms with Gasteiger partial charge in [0.05, 0.1) is 10.9 Å². The van der Waals surface area contributed by atoms with Crippen LogP contribution >= 0.6 is 0 Å². The summed E-state index contributed by atoms with van der Waals surface area (Å²) in [6, 6.07) is 33.6. The number of nitrogens with one attached hydrogen (secondary N) is 1. The Kier molecular flexibility index (Phi) is 4.69. The van der Waals surface area contributed by atoms with Gasteiger partial charge in [-0.2, -0.15) is 0 Å². The summed E-state index contributed by atoms with van der Waals surface area (Å²) in [5.74, 6) is -0.763. The average molecular weight is 406 g/mol. The monoisotopic (exact) mass is 406 g/mol. The molecule has 5 nitrogen and oxygen atoms in total. The minimum absolute atomic E-state index is 0.344. The Morgan fingerprint density at radius 1 is 0.613 bits per heavy atom. The number of fused-ring (bicyclic) bond motifs is 1. The van der Waals surface area contributed by atoms with E-state index in [0.717, 1.165) is 28.2 Å². The lowest BCUT2D eigenvalue weighted by molar-refractivity contribution is 0.460. The average Bonchev–Trinajstić information content (AvgIpc) is 2.81. The third-order valence-corrected chi connectivity index (χ3v) is 5.16. The molecule has 1 aromatic heterocycles. The third kappa shape index (κ3) is 3.53. The van der Waals surface area contributed by atoms with Crippen LogP contribution in [0.25, 0.3) is 22.0 Å². The molecule has 4 aromatic carbocycles. The smallest absolute Gasteiger partial charge is 0.372 e. The van der Waals surface area contributed by atoms with Crippen molar-refractivity contribution < 1.29 is 4.42 Å². The zero-order valence-corrected chi connectivity index (χ0v) is 16.5. The van der Waals surface area contributed by atoms with Crippen molar-refractivity contribution in [3.8, 4) is 11.1 Å². The number of H-pyrrole nitrogens is 1. The van der Waals surface area contributed by atoms with Crippen LogP contribution in [0.3, 0.4) is 0 Å². The molecule has 0 aliphatic heterocycles. The summed E-state index contributed by atoms with van der Waals surface area (Å²) in [6.07, 6.45) is 0. The van der Waals surface area contributed by atoms with Gasteiger partial charge in [0.15, 0.2) is 0 Å². The Hall–Kier alpha value is -4.38. The fourth-order valence-corrected chi connectivity index (χ4v) is 3.76. The van der Waals surface area contributed by atoms with E-state index in [-0.39, 0.29) is 0 Å². The Morgan fingerprint density at radius 3 is 1.81 bits per heavy atom. The van der Waals surface area contributed by atoms with Crippen molar-refractivity contribution in [2.75, 3.05) is 4.90 Å². The van der Waals surface area contributed by atoms with Crippen LogP contribution in [0.1, 0.15) is 0 Å². The highest BCUT2D eigenvalue weighted by Crippen LogP contribution is 2.35. The normalized spacial score (nSPS) is 10.8. The van der Waals surface area contributed by atoms with E-state index in [0.29, 0.717) is 10.9 Å². The van der Waals surface area contributed by atoms with Crippen LogP contribution in [0.5, 0.6) is 0 Å². The molecule has 0 unspecified atom stereocenters. The Balaban J connectivity index is 1.62. The Labute approximate surface area is 177 Å². The van der Waals surface area contributed by atoms with Crippen molar-refractivity contribution in [2.45, 2.75) is 0 Å². The topological polar surface area (TPSA) is 66.3 Å². The molecule has 5 heteroatoms. The second-order valence-electron chi connectivity index (χ2n) is 7.08. The summed E-state index contributed by atoms with van der Waals surface area (Å²) in [7, 11) is 0. The number of aromatic nitrogens is 1. The van der Waals surface area contributed by atoms with Gasteiger partial charge in [-0.25, -0.2) is 9.59 Å². The van der Waals surface area contributed by atoms with Gasteiger partial charge in [0.1, 0.15) is 0 Å². The van der Waals surface area contributed by atoms with Crippen LogP contribution in [0.4, 0.5) is 17.1 Å². The molecule has 150 valence electrons. The lowest BCUT2D eigenvalue weighted by atomic mass is 10.0. The first-order valence-corrected chi connectivity index (χ1v) is 9.87. The molecule has 0 bridgehead atoms. The minimum atomic E-state index is -0.763. The van der Waals surface area contributed by atoms with Crippen molar-refractivity contribution in [3.63, 3.8) is 0 Å². The third-order valence-electron chi connectivity index (χ3n) is 5.16. The Morgan fingerprint density at radius 2 is 1.19 bits per heavy atom. The van der Waals surface area contributed by atoms with E-state index in [4.69, 9.17) is 0 Å². The number of anilines is 3. The molecular weight excluding hydrogens is 388 g/mol. The molecule has 5 aromatic rings. The molecule has 0 atom stereocenters. The van der Waals surface area contributed by atoms with Gasteiger partial charge in [-0.15, -0.1) is 0 Å². The number of rotatable bonds is 4. The number of nitrogens with zero attached hydrogens (tertiary/aromatic N) is 1. The van der Waals surface area contributed by atoms with E-state index in [1.165, 1.54) is 0 Å². The first-order chi connectivity index (χ1) is 15.2. The van der Waals surface area contributed by atoms with E-state index >= 15 is 0 Å². The highest BCUT2D eigenvalue weighted by Gasteiger charge is 2.13. The molecule has 1 heterocycles. The van der Waals surface area contributed by atoms with E-state index in [2.05, 4.69) is 38.6 Å². The van der Waals surface area contributed by atoms with E-state index in [1.54, 1.807) is 12.1 Å². The lowest BCUT2D eigenvalue weighted by Crippen LogP contribution is -2.14. The molecular formula is C26H18N2O3. The zero-order valence-electron chi connectivity index (χ0n) is 16.5. The van der Waals surface area contributed by atoms with E-state index < -0.39 is 11.4 Å². The molecule has 5 rings (SSSR count). The molecule has 0 aliphatic carbocycles. The van der Waals surface area contributed by atoms with Crippen LogP contribution in [0, 0.1) is 0 Å². The van der Waals surface area contributed by atoms with Crippen molar-refractivity contribution in [1.82, 2.24) is 4.98 Å². The van der Waals surface area contributed by atoms with Gasteiger partial charge in [-0.1, -0.05) is 60.7 Å². The lowest BCUT2D eigenvalue weighted by Gasteiger charge is -2.25. The summed E-state index contributed by atoms with van der Waals surface area (Å²) < 4.78 is 4.66. The zero-order chi connectivity index (χ0) is 21.2. The van der Waals surface area contributed by atoms with Gasteiger partial charge < -0.3 is 9.32 Å². The largest absolute Gasteiger partial charge is 0.419 e. The number of para-hydroxylation sites is 3. The van der Waals surface area contributed by atoms with E-state index in [1.807, 2.05) is 66.7 Å². The first-order valence-electron chi connectivity index (χ1n) is 9.87. The Bertz CT molecular complexity index is 1420. The second kappa shape index (κ2) is 7.80. The highest BCUT2D eigenvalue weighted by molar-refractivity contribution is 5.93. The fraction of sp³-hybridized carbons (Fsp3) is 0. The molecule has 0 fully saturated rings. The van der Waals surface area contributed by atoms with Gasteiger partial charge in [0, 0.05) is 22.6 Å². The first kappa shape index (κ1) is 18.6. The maximum Gasteiger partial charge on any atom is 0.419 e. The van der Waals surface area contributed by atoms with Crippen molar-refractivity contribution in [2.24, 2.45) is 0 Å². The SMILES string of the molecule is O=c1[nH]c2c(-c3ccc(N(c4ccccc4)c4ccccc4)cc3)cccc2c(=O)o1. The molecule has 0 amide bonds. The van der Waals surface area contributed by atoms with Crippen LogP contribution in [-0.4, -0.2) is 4.98 Å². The summed E-state index contributed by atoms with van der Waals surface area (Å²) in [6.45, 7) is 0. The number of aromatic amines is 1. The summed E-state index contributed by atoms with van der Waals surface area (Å²) in [5.41, 5.74) is 4.57. The van der Waals surface area contributed by atoms with Crippen LogP contribution in [-0.2, 0) is 0 Å². The second-order valence-corrected chi connectivity index (χ2v) is 7.08. The van der Waals surface area contributed by atoms with Gasteiger partial charge in [0.2, 0.25) is 0 Å². The van der Waals surface area contributed by atoms with Crippen LogP contribution in [0.15, 0.2) is 117 Å². The molecule has 0 saturated heterocycles. The number of hydrogen-bond donors (Lipinski definition) is 1. The molecule has 0 aliphatic rings. The minimum Gasteiger partial charge on any atom is -0.372 e. The predicted octanol–water partition coefficient (Wildman–Crippen LogP) is 5.62. The van der Waals surface area contributed by atoms with Crippen molar-refractivity contribution in [3.05, 3.63) is 124 Å². The molecule has 31 heavy (non-hydrogen) atoms. The summed E-state index contributed by atoms with van der Waals surface area (Å²) in [4.78, 5) is 28.6. The quantitative estimate of drug-likeness (QED) is 0.421. The highest BCUT2D eigenvalue weighted by atomic mass is 16.4. The summed E-state index contributed by atoms with van der Waals surface area (Å²) in [5, 5.41) is 0.344. The van der Waals surface area contributed by atoms with Gasteiger partial charge in [0.25, 0.3) is 0 Å². The molecule has 1 N–H and O–H groups in total. The van der Waals surface area contributed by atoms with Crippen LogP contribution < -0.4 is 16.3 Å². The van der Waals surface area contributed by atoms with Gasteiger partial charge in [-0.3, -0.25) is 4.98 Å². The maximum atomic E-state index is 12.0. The van der Waals surface area contributed by atoms with E-state index in [9.17, 15) is 9.59 Å². The predicted molar refractivity (Wildman–Crippen MR) is 123 cm³/mol. The van der Waals surface area contributed by atoms with Crippen LogP contribution in [0.2, 0.25) is 0 Å². The standard InChI is InChI=1S/C26H18N2O3/c29-25-23-13-7-12-22(24(23)27-26(30)31-25)18-14-16-21(17-15-18)28(19-8-3-1-4-9-19)20-10-5-2-6-11-20/h1-17H,(H,27,30). The molecule has 0 radical (unpaired) electrons. The van der Waals surface area contributed by atoms with Crippen molar-refractivity contribution in [1.29, 1.82) is 0 Å². The van der Waals surface area contributed by atoms with Crippen molar-refractivity contribution >= 4 is 28.0 Å². The van der Waals surface area contributed by atoms with Gasteiger partial charge in [-0.05, 0) is 48.0 Å². The molecule has 0 saturated carbocycles. The number of benzene rings is 4. The maximum absolute atomic E-state index is 12.0. The fourth-order valence-electron chi connectivity index (χ4n) is 3.76. The van der Waals surface area contributed by atoms with Gasteiger partial charge >= 0.3 is 11.4 Å². The number of hydrogen-bond acceptors (Lipinski definition) is 4. The summed E-state index contributed by atoms with van der Waals surface area (Å²) >= 11 is 0. The molecule has 0 spiro atoms.